The molecule has 0 aliphatic carbocycles. The van der Waals surface area contributed by atoms with Crippen molar-refractivity contribution in [2.75, 3.05) is 24.6 Å². The highest BCUT2D eigenvalue weighted by atomic mass is 32.2. The Bertz CT molecular complexity index is 1230. The average Bonchev–Trinajstić information content (AvgIpc) is 2.83. The number of carbonyl (C=O) groups excluding carboxylic acids is 1. The summed E-state index contributed by atoms with van der Waals surface area (Å²) in [5.74, 6) is 0.563. The van der Waals surface area contributed by atoms with Gasteiger partial charge in [0.1, 0.15) is 18.0 Å². The summed E-state index contributed by atoms with van der Waals surface area (Å²) in [5, 5.41) is 2.89. The number of rotatable bonds is 10. The van der Waals surface area contributed by atoms with E-state index in [1.807, 2.05) is 45.0 Å². The molecule has 3 aromatic carbocycles. The van der Waals surface area contributed by atoms with Crippen molar-refractivity contribution in [2.45, 2.75) is 31.7 Å². The van der Waals surface area contributed by atoms with Crippen LogP contribution in [-0.2, 0) is 14.8 Å². The van der Waals surface area contributed by atoms with Crippen LogP contribution in [-0.4, -0.2) is 34.6 Å². The number of nitrogens with zero attached hydrogens (tertiary/aromatic N) is 1. The predicted octanol–water partition coefficient (Wildman–Crippen LogP) is 4.48. The molecule has 0 saturated heterocycles. The molecule has 1 unspecified atom stereocenters. The fourth-order valence-corrected chi connectivity index (χ4v) is 5.03. The molecule has 3 aromatic rings. The zero-order valence-corrected chi connectivity index (χ0v) is 20.6. The molecule has 0 aliphatic rings. The van der Waals surface area contributed by atoms with E-state index < -0.39 is 28.5 Å². The molecule has 1 amide bonds. The number of carbonyl (C=O) groups is 1. The second-order valence-corrected chi connectivity index (χ2v) is 9.62. The van der Waals surface area contributed by atoms with Crippen molar-refractivity contribution in [2.24, 2.45) is 0 Å². The number of ether oxygens (including phenoxy) is 2. The van der Waals surface area contributed by atoms with Crippen molar-refractivity contribution in [1.29, 1.82) is 0 Å². The van der Waals surface area contributed by atoms with Gasteiger partial charge < -0.3 is 14.8 Å². The highest BCUT2D eigenvalue weighted by Gasteiger charge is 2.30. The van der Waals surface area contributed by atoms with Crippen molar-refractivity contribution in [1.82, 2.24) is 5.32 Å². The van der Waals surface area contributed by atoms with Gasteiger partial charge in [0.15, 0.2) is 0 Å². The average molecular weight is 483 g/mol. The van der Waals surface area contributed by atoms with Crippen LogP contribution in [0, 0.1) is 6.92 Å². The summed E-state index contributed by atoms with van der Waals surface area (Å²) >= 11 is 0. The molecule has 0 spiro atoms. The second-order valence-electron chi connectivity index (χ2n) is 7.76. The first-order chi connectivity index (χ1) is 16.3. The van der Waals surface area contributed by atoms with Crippen molar-refractivity contribution < 1.29 is 22.7 Å². The van der Waals surface area contributed by atoms with E-state index in [0.717, 1.165) is 15.4 Å². The summed E-state index contributed by atoms with van der Waals surface area (Å²) in [4.78, 5) is 13.2. The van der Waals surface area contributed by atoms with Crippen LogP contribution in [0.5, 0.6) is 11.5 Å². The first-order valence-corrected chi connectivity index (χ1v) is 12.5. The van der Waals surface area contributed by atoms with Gasteiger partial charge in [0.2, 0.25) is 5.91 Å². The van der Waals surface area contributed by atoms with Crippen molar-refractivity contribution in [3.63, 3.8) is 0 Å². The van der Waals surface area contributed by atoms with Gasteiger partial charge >= 0.3 is 0 Å². The van der Waals surface area contributed by atoms with Crippen LogP contribution >= 0.6 is 0 Å². The third kappa shape index (κ3) is 5.69. The lowest BCUT2D eigenvalue weighted by Crippen LogP contribution is -2.41. The third-order valence-electron chi connectivity index (χ3n) is 5.31. The van der Waals surface area contributed by atoms with Crippen LogP contribution in [0.3, 0.4) is 0 Å². The molecule has 0 heterocycles. The molecule has 8 heteroatoms. The molecule has 0 fully saturated rings. The van der Waals surface area contributed by atoms with Crippen LogP contribution in [0.2, 0.25) is 0 Å². The lowest BCUT2D eigenvalue weighted by atomic mass is 10.1. The number of hydrogen-bond donors (Lipinski definition) is 1. The number of benzene rings is 3. The normalized spacial score (nSPS) is 12.0. The molecule has 0 aromatic heterocycles. The van der Waals surface area contributed by atoms with Crippen LogP contribution in [0.1, 0.15) is 31.0 Å². The quantitative estimate of drug-likeness (QED) is 0.461. The molecule has 0 bridgehead atoms. The summed E-state index contributed by atoms with van der Waals surface area (Å²) in [5.41, 5.74) is 2.02. The molecule has 0 aliphatic heterocycles. The number of anilines is 1. The summed E-state index contributed by atoms with van der Waals surface area (Å²) < 4.78 is 39.5. The molecule has 0 saturated carbocycles. The third-order valence-corrected chi connectivity index (χ3v) is 7.09. The minimum Gasteiger partial charge on any atom is -0.496 e. The number of amides is 1. The Balaban J connectivity index is 1.96. The predicted molar refractivity (Wildman–Crippen MR) is 133 cm³/mol. The van der Waals surface area contributed by atoms with Crippen LogP contribution in [0.25, 0.3) is 0 Å². The van der Waals surface area contributed by atoms with E-state index in [0.29, 0.717) is 23.8 Å². The lowest BCUT2D eigenvalue weighted by Gasteiger charge is -2.27. The zero-order chi connectivity index (χ0) is 24.7. The smallest absolute Gasteiger partial charge is 0.264 e. The molecule has 180 valence electrons. The van der Waals surface area contributed by atoms with Crippen LogP contribution in [0.4, 0.5) is 5.69 Å². The van der Waals surface area contributed by atoms with E-state index >= 15 is 0 Å². The van der Waals surface area contributed by atoms with E-state index in [9.17, 15) is 13.2 Å². The Hall–Kier alpha value is -3.52. The summed E-state index contributed by atoms with van der Waals surface area (Å²) in [6, 6.07) is 20.3. The Kier molecular flexibility index (Phi) is 8.17. The Morgan fingerprint density at radius 3 is 2.24 bits per heavy atom. The maximum atomic E-state index is 13.7. The lowest BCUT2D eigenvalue weighted by molar-refractivity contribution is -0.120. The first kappa shape index (κ1) is 25.1. The first-order valence-electron chi connectivity index (χ1n) is 11.0. The van der Waals surface area contributed by atoms with E-state index in [4.69, 9.17) is 9.47 Å². The summed E-state index contributed by atoms with van der Waals surface area (Å²) in [7, 11) is -2.49. The minimum absolute atomic E-state index is 0.0926. The van der Waals surface area contributed by atoms with Gasteiger partial charge in [0, 0.05) is 5.56 Å². The highest BCUT2D eigenvalue weighted by molar-refractivity contribution is 7.92. The maximum Gasteiger partial charge on any atom is 0.264 e. The fraction of sp³-hybridized carbons (Fsp3) is 0.269. The van der Waals surface area contributed by atoms with Gasteiger partial charge in [0.05, 0.1) is 30.3 Å². The van der Waals surface area contributed by atoms with Gasteiger partial charge in [-0.3, -0.25) is 9.10 Å². The van der Waals surface area contributed by atoms with Crippen molar-refractivity contribution >= 4 is 21.6 Å². The van der Waals surface area contributed by atoms with Gasteiger partial charge in [-0.2, -0.15) is 0 Å². The van der Waals surface area contributed by atoms with Crippen molar-refractivity contribution in [3.05, 3.63) is 83.9 Å². The molecule has 0 radical (unpaired) electrons. The zero-order valence-electron chi connectivity index (χ0n) is 19.8. The Labute approximate surface area is 201 Å². The van der Waals surface area contributed by atoms with E-state index in [1.165, 1.54) is 12.1 Å². The van der Waals surface area contributed by atoms with Gasteiger partial charge in [-0.25, -0.2) is 8.42 Å². The number of methoxy groups -OCH3 is 1. The van der Waals surface area contributed by atoms with E-state index in [1.54, 1.807) is 43.5 Å². The second kappa shape index (κ2) is 11.1. The topological polar surface area (TPSA) is 84.9 Å². The Morgan fingerprint density at radius 1 is 0.971 bits per heavy atom. The number of sulfonamides is 1. The van der Waals surface area contributed by atoms with Gasteiger partial charge in [-0.05, 0) is 51.1 Å². The van der Waals surface area contributed by atoms with Gasteiger partial charge in [0.25, 0.3) is 10.0 Å². The SMILES string of the molecule is CCOc1ccccc1N(CC(=O)NC(C)c1ccccc1OC)S(=O)(=O)c1ccc(C)cc1. The van der Waals surface area contributed by atoms with Crippen LogP contribution < -0.4 is 19.1 Å². The maximum absolute atomic E-state index is 13.7. The van der Waals surface area contributed by atoms with Gasteiger partial charge in [-0.1, -0.05) is 48.0 Å². The minimum atomic E-state index is -4.05. The molecule has 7 nitrogen and oxygen atoms in total. The van der Waals surface area contributed by atoms with Crippen molar-refractivity contribution in [3.8, 4) is 11.5 Å². The molecule has 34 heavy (non-hydrogen) atoms. The number of nitrogens with one attached hydrogen (secondary N) is 1. The monoisotopic (exact) mass is 482 g/mol. The highest BCUT2D eigenvalue weighted by Crippen LogP contribution is 2.33. The number of hydrogen-bond acceptors (Lipinski definition) is 5. The number of para-hydroxylation sites is 3. The standard InChI is InChI=1S/C26H30N2O5S/c1-5-33-25-13-9-7-11-23(25)28(34(30,31)21-16-14-19(2)15-17-21)18-26(29)27-20(3)22-10-6-8-12-24(22)32-4/h6-17,20H,5,18H2,1-4H3,(H,27,29). The summed E-state index contributed by atoms with van der Waals surface area (Å²) in [6.45, 7) is 5.46. The molecule has 3 rings (SSSR count). The number of aryl methyl sites for hydroxylation is 1. The largest absolute Gasteiger partial charge is 0.496 e. The van der Waals surface area contributed by atoms with E-state index in [-0.39, 0.29) is 4.90 Å². The van der Waals surface area contributed by atoms with E-state index in [2.05, 4.69) is 5.32 Å². The molecular weight excluding hydrogens is 452 g/mol. The fourth-order valence-electron chi connectivity index (χ4n) is 3.60. The van der Waals surface area contributed by atoms with Gasteiger partial charge in [-0.15, -0.1) is 0 Å². The Morgan fingerprint density at radius 2 is 1.59 bits per heavy atom. The molecule has 1 N–H and O–H groups in total. The molecule has 1 atom stereocenters. The molecular formula is C26H30N2O5S. The van der Waals surface area contributed by atoms with Crippen LogP contribution in [0.15, 0.2) is 77.7 Å². The summed E-state index contributed by atoms with van der Waals surface area (Å²) in [6.07, 6.45) is 0.